The number of hydrogen-bond donors (Lipinski definition) is 0. The topological polar surface area (TPSA) is 48.2 Å². The predicted molar refractivity (Wildman–Crippen MR) is 60.4 cm³/mol. The lowest BCUT2D eigenvalue weighted by atomic mass is 10.2. The van der Waals surface area contributed by atoms with Crippen LogP contribution in [0.5, 0.6) is 5.75 Å². The highest BCUT2D eigenvalue weighted by Crippen LogP contribution is 2.22. The van der Waals surface area contributed by atoms with Crippen LogP contribution in [0.3, 0.4) is 0 Å². The third kappa shape index (κ3) is 2.05. The summed E-state index contributed by atoms with van der Waals surface area (Å²) in [5.41, 5.74) is 0.898. The Balaban J connectivity index is 2.34. The van der Waals surface area contributed by atoms with E-state index in [0.717, 1.165) is 11.3 Å². The van der Waals surface area contributed by atoms with E-state index >= 15 is 0 Å². The first kappa shape index (κ1) is 10.7. The number of nitrogens with zero attached hydrogens (tertiary/aromatic N) is 2. The second kappa shape index (κ2) is 4.35. The first-order valence-electron chi connectivity index (χ1n) is 5.18. The molecule has 0 saturated heterocycles. The molecular weight excluding hydrogens is 204 g/mol. The fourth-order valence-electron chi connectivity index (χ4n) is 1.35. The summed E-state index contributed by atoms with van der Waals surface area (Å²) >= 11 is 0. The first-order chi connectivity index (χ1) is 7.70. The maximum absolute atomic E-state index is 5.15. The fourth-order valence-corrected chi connectivity index (χ4v) is 1.35. The first-order valence-corrected chi connectivity index (χ1v) is 5.18. The fraction of sp³-hybridized carbons (Fsp3) is 0.333. The largest absolute Gasteiger partial charge is 0.497 e. The average molecular weight is 218 g/mol. The van der Waals surface area contributed by atoms with Gasteiger partial charge in [-0.05, 0) is 12.1 Å². The standard InChI is InChI=1S/C12H14N2O2/c1-8(2)12-13-11(14-16-12)9-5-4-6-10(7-9)15-3/h4-8H,1-3H3. The van der Waals surface area contributed by atoms with Gasteiger partial charge in [-0.15, -0.1) is 0 Å². The molecule has 0 amide bonds. The Labute approximate surface area is 94.2 Å². The van der Waals surface area contributed by atoms with Gasteiger partial charge in [0.25, 0.3) is 0 Å². The van der Waals surface area contributed by atoms with E-state index in [2.05, 4.69) is 10.1 Å². The molecule has 0 aliphatic rings. The van der Waals surface area contributed by atoms with Gasteiger partial charge in [0.05, 0.1) is 7.11 Å². The minimum absolute atomic E-state index is 0.242. The van der Waals surface area contributed by atoms with Crippen LogP contribution >= 0.6 is 0 Å². The monoisotopic (exact) mass is 218 g/mol. The molecular formula is C12H14N2O2. The molecule has 0 fully saturated rings. The Hall–Kier alpha value is -1.84. The molecule has 0 spiro atoms. The molecule has 1 aromatic carbocycles. The van der Waals surface area contributed by atoms with Gasteiger partial charge in [-0.25, -0.2) is 0 Å². The van der Waals surface area contributed by atoms with E-state index in [1.165, 1.54) is 0 Å². The number of hydrogen-bond acceptors (Lipinski definition) is 4. The molecule has 4 nitrogen and oxygen atoms in total. The molecule has 0 aliphatic carbocycles. The van der Waals surface area contributed by atoms with Crippen molar-refractivity contribution in [1.29, 1.82) is 0 Å². The zero-order chi connectivity index (χ0) is 11.5. The molecule has 0 N–H and O–H groups in total. The zero-order valence-electron chi connectivity index (χ0n) is 9.60. The van der Waals surface area contributed by atoms with Crippen LogP contribution in [-0.2, 0) is 0 Å². The minimum Gasteiger partial charge on any atom is -0.497 e. The van der Waals surface area contributed by atoms with Crippen LogP contribution in [0, 0.1) is 0 Å². The van der Waals surface area contributed by atoms with Crippen molar-refractivity contribution >= 4 is 0 Å². The lowest BCUT2D eigenvalue weighted by Crippen LogP contribution is -1.87. The maximum Gasteiger partial charge on any atom is 0.229 e. The number of ether oxygens (including phenoxy) is 1. The molecule has 84 valence electrons. The summed E-state index contributed by atoms with van der Waals surface area (Å²) in [7, 11) is 1.63. The Kier molecular flexibility index (Phi) is 2.90. The molecule has 2 rings (SSSR count). The van der Waals surface area contributed by atoms with Gasteiger partial charge in [-0.1, -0.05) is 31.1 Å². The van der Waals surface area contributed by atoms with Gasteiger partial charge in [0.2, 0.25) is 11.7 Å². The molecule has 4 heteroatoms. The summed E-state index contributed by atoms with van der Waals surface area (Å²) in [5, 5.41) is 3.94. The smallest absolute Gasteiger partial charge is 0.229 e. The summed E-state index contributed by atoms with van der Waals surface area (Å²) in [6.45, 7) is 4.03. The molecule has 16 heavy (non-hydrogen) atoms. The molecule has 0 unspecified atom stereocenters. The highest BCUT2D eigenvalue weighted by molar-refractivity contribution is 5.56. The van der Waals surface area contributed by atoms with Gasteiger partial charge in [-0.3, -0.25) is 0 Å². The van der Waals surface area contributed by atoms with E-state index in [1.54, 1.807) is 7.11 Å². The van der Waals surface area contributed by atoms with Crippen molar-refractivity contribution in [3.8, 4) is 17.1 Å². The lowest BCUT2D eigenvalue weighted by Gasteiger charge is -1.99. The van der Waals surface area contributed by atoms with Gasteiger partial charge in [-0.2, -0.15) is 4.98 Å². The molecule has 1 aromatic heterocycles. The summed E-state index contributed by atoms with van der Waals surface area (Å²) in [4.78, 5) is 4.32. The summed E-state index contributed by atoms with van der Waals surface area (Å²) in [6.07, 6.45) is 0. The highest BCUT2D eigenvalue weighted by atomic mass is 16.5. The second-order valence-corrected chi connectivity index (χ2v) is 3.84. The van der Waals surface area contributed by atoms with Gasteiger partial charge >= 0.3 is 0 Å². The van der Waals surface area contributed by atoms with Gasteiger partial charge in [0, 0.05) is 11.5 Å². The van der Waals surface area contributed by atoms with E-state index in [0.29, 0.717) is 11.7 Å². The van der Waals surface area contributed by atoms with E-state index in [-0.39, 0.29) is 5.92 Å². The van der Waals surface area contributed by atoms with E-state index in [1.807, 2.05) is 38.1 Å². The zero-order valence-corrected chi connectivity index (χ0v) is 9.60. The van der Waals surface area contributed by atoms with Crippen LogP contribution in [0.15, 0.2) is 28.8 Å². The lowest BCUT2D eigenvalue weighted by molar-refractivity contribution is 0.365. The number of rotatable bonds is 3. The Morgan fingerprint density at radius 1 is 1.31 bits per heavy atom. The van der Waals surface area contributed by atoms with Gasteiger partial charge in [0.15, 0.2) is 0 Å². The maximum atomic E-state index is 5.15. The van der Waals surface area contributed by atoms with Gasteiger partial charge < -0.3 is 9.26 Å². The molecule has 0 saturated carbocycles. The Morgan fingerprint density at radius 2 is 2.12 bits per heavy atom. The Morgan fingerprint density at radius 3 is 2.75 bits per heavy atom. The summed E-state index contributed by atoms with van der Waals surface area (Å²) in [6, 6.07) is 7.60. The van der Waals surface area contributed by atoms with Gasteiger partial charge in [0.1, 0.15) is 5.75 Å². The minimum atomic E-state index is 0.242. The summed E-state index contributed by atoms with van der Waals surface area (Å²) < 4.78 is 10.3. The Bertz CT molecular complexity index is 477. The van der Waals surface area contributed by atoms with Crippen LogP contribution < -0.4 is 4.74 Å². The second-order valence-electron chi connectivity index (χ2n) is 3.84. The van der Waals surface area contributed by atoms with Crippen molar-refractivity contribution in [1.82, 2.24) is 10.1 Å². The van der Waals surface area contributed by atoms with Crippen molar-refractivity contribution in [2.24, 2.45) is 0 Å². The normalized spacial score (nSPS) is 10.8. The van der Waals surface area contributed by atoms with E-state index in [9.17, 15) is 0 Å². The van der Waals surface area contributed by atoms with E-state index in [4.69, 9.17) is 9.26 Å². The van der Waals surface area contributed by atoms with Crippen LogP contribution in [0.25, 0.3) is 11.4 Å². The van der Waals surface area contributed by atoms with Crippen LogP contribution in [0.2, 0.25) is 0 Å². The quantitative estimate of drug-likeness (QED) is 0.794. The molecule has 1 heterocycles. The molecule has 0 bridgehead atoms. The van der Waals surface area contributed by atoms with Crippen molar-refractivity contribution in [2.75, 3.05) is 7.11 Å². The highest BCUT2D eigenvalue weighted by Gasteiger charge is 2.11. The number of methoxy groups -OCH3 is 1. The molecule has 0 radical (unpaired) electrons. The third-order valence-electron chi connectivity index (χ3n) is 2.26. The summed E-state index contributed by atoms with van der Waals surface area (Å²) in [5.74, 6) is 2.28. The van der Waals surface area contributed by atoms with E-state index < -0.39 is 0 Å². The number of benzene rings is 1. The van der Waals surface area contributed by atoms with Crippen molar-refractivity contribution in [2.45, 2.75) is 19.8 Å². The predicted octanol–water partition coefficient (Wildman–Crippen LogP) is 2.87. The van der Waals surface area contributed by atoms with Crippen LogP contribution in [0.4, 0.5) is 0 Å². The van der Waals surface area contributed by atoms with Crippen molar-refractivity contribution in [3.05, 3.63) is 30.2 Å². The van der Waals surface area contributed by atoms with Crippen LogP contribution in [0.1, 0.15) is 25.7 Å². The van der Waals surface area contributed by atoms with Crippen molar-refractivity contribution < 1.29 is 9.26 Å². The molecule has 0 atom stereocenters. The number of aromatic nitrogens is 2. The molecule has 2 aromatic rings. The van der Waals surface area contributed by atoms with Crippen molar-refractivity contribution in [3.63, 3.8) is 0 Å². The van der Waals surface area contributed by atoms with Crippen LogP contribution in [-0.4, -0.2) is 17.3 Å². The molecule has 0 aliphatic heterocycles. The SMILES string of the molecule is COc1cccc(-c2noc(C(C)C)n2)c1. The third-order valence-corrected chi connectivity index (χ3v) is 2.26. The average Bonchev–Trinajstić information content (AvgIpc) is 2.78.